The van der Waals surface area contributed by atoms with E-state index in [1.165, 1.54) is 12.4 Å². The molecule has 0 heterocycles. The molecule has 0 fully saturated rings. The number of phenolic OH excluding ortho intramolecular Hbond substituents is 2. The Morgan fingerprint density at radius 3 is 1.21 bits per heavy atom. The van der Waals surface area contributed by atoms with E-state index in [0.29, 0.717) is 46.2 Å². The fourth-order valence-corrected chi connectivity index (χ4v) is 8.18. The molecule has 0 saturated carbocycles. The average Bonchev–Trinajstić information content (AvgIpc) is 3.19. The third kappa shape index (κ3) is 7.77. The molecule has 6 rings (SSSR count). The van der Waals surface area contributed by atoms with Gasteiger partial charge in [0, 0.05) is 45.8 Å². The Morgan fingerprint density at radius 1 is 0.552 bits per heavy atom. The van der Waals surface area contributed by atoms with E-state index in [9.17, 15) is 40.2 Å². The topological polar surface area (TPSA) is 180 Å². The highest BCUT2D eigenvalue weighted by Gasteiger charge is 2.38. The van der Waals surface area contributed by atoms with E-state index in [1.54, 1.807) is 26.0 Å². The maximum Gasteiger partial charge on any atom is 0.229 e. The number of phenols is 2. The summed E-state index contributed by atoms with van der Waals surface area (Å²) in [5.74, 6) is -3.58. The highest BCUT2D eigenvalue weighted by atomic mass is 16.3. The van der Waals surface area contributed by atoms with Crippen molar-refractivity contribution in [3.8, 4) is 22.6 Å². The molecule has 0 radical (unpaired) electrons. The molecule has 2 aliphatic rings. The van der Waals surface area contributed by atoms with Gasteiger partial charge in [0.05, 0.1) is 36.4 Å². The molecular formula is C48H52N2O8. The van der Waals surface area contributed by atoms with Crippen LogP contribution in [-0.2, 0) is 22.4 Å². The van der Waals surface area contributed by atoms with E-state index in [1.807, 2.05) is 88.4 Å². The summed E-state index contributed by atoms with van der Waals surface area (Å²) in [5, 5.41) is 74.3. The van der Waals surface area contributed by atoms with Gasteiger partial charge in [0.1, 0.15) is 11.5 Å². The lowest BCUT2D eigenvalue weighted by Gasteiger charge is -2.30. The van der Waals surface area contributed by atoms with Gasteiger partial charge in [-0.2, -0.15) is 0 Å². The number of hydrogen-bond donors (Lipinski definition) is 8. The van der Waals surface area contributed by atoms with Gasteiger partial charge in [-0.1, -0.05) is 100 Å². The van der Waals surface area contributed by atoms with E-state index >= 15 is 0 Å². The minimum atomic E-state index is -0.713. The number of aliphatic hydroxyl groups excluding tert-OH is 4. The smallest absolute Gasteiger partial charge is 0.229 e. The molecule has 8 N–H and O–H groups in total. The van der Waals surface area contributed by atoms with Crippen molar-refractivity contribution >= 4 is 33.9 Å². The number of benzene rings is 4. The van der Waals surface area contributed by atoms with Gasteiger partial charge in [0.2, 0.25) is 11.6 Å². The quantitative estimate of drug-likeness (QED) is 0.0635. The number of aryl methyl sites for hydroxylation is 2. The Balaban J connectivity index is 1.54. The Bertz CT molecular complexity index is 2200. The van der Waals surface area contributed by atoms with E-state index in [-0.39, 0.29) is 69.9 Å². The van der Waals surface area contributed by atoms with E-state index in [0.717, 1.165) is 11.1 Å². The number of rotatable bonds is 13. The van der Waals surface area contributed by atoms with Gasteiger partial charge in [-0.25, -0.2) is 0 Å². The van der Waals surface area contributed by atoms with Crippen LogP contribution in [0.5, 0.6) is 11.5 Å². The second-order valence-corrected chi connectivity index (χ2v) is 15.8. The Hall–Kier alpha value is -6.10. The van der Waals surface area contributed by atoms with Gasteiger partial charge in [0.15, 0.2) is 11.5 Å². The molecule has 4 aromatic rings. The number of Topliss-reactive ketones (excluding diaryl/α,β-unsaturated/α-hetero) is 2. The second kappa shape index (κ2) is 17.2. The van der Waals surface area contributed by atoms with Gasteiger partial charge >= 0.3 is 0 Å². The third-order valence-corrected chi connectivity index (χ3v) is 11.0. The number of aromatic hydroxyl groups is 2. The molecule has 0 aliphatic heterocycles. The zero-order valence-corrected chi connectivity index (χ0v) is 33.7. The summed E-state index contributed by atoms with van der Waals surface area (Å²) in [6.45, 7) is 10.3. The van der Waals surface area contributed by atoms with Crippen LogP contribution < -0.4 is 10.6 Å². The van der Waals surface area contributed by atoms with Crippen molar-refractivity contribution < 1.29 is 40.2 Å². The number of carbonyl (C=O) groups excluding carboxylic acids is 2. The first-order valence-electron chi connectivity index (χ1n) is 19.6. The number of ketones is 2. The normalized spacial score (nSPS) is 16.7. The Labute approximate surface area is 339 Å². The SMILES string of the molecule is Cc1cc2c(c(O)c1-c1c(C)cc3c(c1O)/C(=C/N[C@H](CO)Cc1ccccc1)C(=O)C(O)=C3C(C)C)/C(=C/N[C@H](CO)Cc1ccccc1)C(=O)C(O)=C2C(C)C. The number of allylic oxidation sites excluding steroid dienone is 4. The minimum Gasteiger partial charge on any atom is -0.507 e. The molecule has 0 spiro atoms. The van der Waals surface area contributed by atoms with Crippen molar-refractivity contribution in [3.63, 3.8) is 0 Å². The first kappa shape index (κ1) is 41.5. The van der Waals surface area contributed by atoms with Gasteiger partial charge in [-0.15, -0.1) is 0 Å². The van der Waals surface area contributed by atoms with Crippen molar-refractivity contribution in [1.29, 1.82) is 0 Å². The van der Waals surface area contributed by atoms with Crippen molar-refractivity contribution in [2.45, 2.75) is 66.5 Å². The number of nitrogens with one attached hydrogen (secondary N) is 2. The molecule has 0 saturated heterocycles. The fraction of sp³-hybridized carbons (Fsp3) is 0.292. The largest absolute Gasteiger partial charge is 0.507 e. The molecule has 10 heteroatoms. The highest BCUT2D eigenvalue weighted by Crippen LogP contribution is 2.53. The summed E-state index contributed by atoms with van der Waals surface area (Å²) >= 11 is 0. The van der Waals surface area contributed by atoms with Crippen LogP contribution in [0, 0.1) is 25.7 Å². The standard InChI is InChI=1S/C48H52N2O8/c1-25(2)37-33-17-27(5)39(45(55)41(33)35(43(53)47(37)57)21-49-31(23-51)19-29-13-9-7-10-14-29)40-28(6)18-34-38(26(3)4)48(58)44(54)36(42(34)46(40)56)22-50-32(24-52)20-30-15-11-8-12-16-30/h7-18,21-22,25-26,31-32,49-52,55-58H,19-20,23-24H2,1-6H3/b35-21-,36-22-/t31-,32-/m0/s1. The second-order valence-electron chi connectivity index (χ2n) is 15.8. The first-order valence-corrected chi connectivity index (χ1v) is 19.6. The lowest BCUT2D eigenvalue weighted by molar-refractivity contribution is -0.113. The maximum absolute atomic E-state index is 14.0. The zero-order chi connectivity index (χ0) is 42.0. The number of fused-ring (bicyclic) bond motifs is 2. The summed E-state index contributed by atoms with van der Waals surface area (Å²) in [6.07, 6.45) is 3.70. The van der Waals surface area contributed by atoms with Crippen LogP contribution in [-0.4, -0.2) is 67.5 Å². The van der Waals surface area contributed by atoms with Crippen molar-refractivity contribution in [2.75, 3.05) is 13.2 Å². The van der Waals surface area contributed by atoms with Gasteiger partial charge in [-0.3, -0.25) is 9.59 Å². The molecule has 2 atom stereocenters. The van der Waals surface area contributed by atoms with E-state index < -0.39 is 35.2 Å². The third-order valence-electron chi connectivity index (χ3n) is 11.0. The Kier molecular flexibility index (Phi) is 12.3. The summed E-state index contributed by atoms with van der Waals surface area (Å²) < 4.78 is 0. The lowest BCUT2D eigenvalue weighted by Crippen LogP contribution is -2.32. The molecule has 0 unspecified atom stereocenters. The van der Waals surface area contributed by atoms with Gasteiger partial charge in [-0.05, 0) is 71.9 Å². The molecule has 2 aliphatic carbocycles. The minimum absolute atomic E-state index is 0.0272. The molecule has 4 aromatic carbocycles. The summed E-state index contributed by atoms with van der Waals surface area (Å²) in [6, 6.07) is 21.6. The fourth-order valence-electron chi connectivity index (χ4n) is 8.18. The number of aliphatic hydroxyl groups is 4. The predicted molar refractivity (Wildman–Crippen MR) is 228 cm³/mol. The van der Waals surface area contributed by atoms with Crippen molar-refractivity contribution in [1.82, 2.24) is 10.6 Å². The number of hydrogen-bond acceptors (Lipinski definition) is 10. The first-order chi connectivity index (χ1) is 27.7. The summed E-state index contributed by atoms with van der Waals surface area (Å²) in [7, 11) is 0. The van der Waals surface area contributed by atoms with Crippen LogP contribution in [0.1, 0.15) is 72.2 Å². The van der Waals surface area contributed by atoms with Crippen LogP contribution in [0.4, 0.5) is 0 Å². The van der Waals surface area contributed by atoms with E-state index in [4.69, 9.17) is 0 Å². The van der Waals surface area contributed by atoms with E-state index in [2.05, 4.69) is 10.6 Å². The summed E-state index contributed by atoms with van der Waals surface area (Å²) in [5.41, 5.74) is 5.23. The molecule has 302 valence electrons. The van der Waals surface area contributed by atoms with Crippen LogP contribution in [0.2, 0.25) is 0 Å². The van der Waals surface area contributed by atoms with Crippen LogP contribution in [0.25, 0.3) is 33.4 Å². The predicted octanol–water partition coefficient (Wildman–Crippen LogP) is 7.47. The molecule has 10 nitrogen and oxygen atoms in total. The van der Waals surface area contributed by atoms with Gasteiger partial charge in [0.25, 0.3) is 0 Å². The van der Waals surface area contributed by atoms with Crippen LogP contribution in [0.3, 0.4) is 0 Å². The molecule has 0 aromatic heterocycles. The van der Waals surface area contributed by atoms with Crippen LogP contribution >= 0.6 is 0 Å². The highest BCUT2D eigenvalue weighted by molar-refractivity contribution is 6.35. The zero-order valence-electron chi connectivity index (χ0n) is 33.7. The average molecular weight is 785 g/mol. The van der Waals surface area contributed by atoms with Crippen molar-refractivity contribution in [3.05, 3.63) is 141 Å². The number of carbonyl (C=O) groups is 2. The lowest BCUT2D eigenvalue weighted by atomic mass is 9.75. The molecule has 0 amide bonds. The molecule has 58 heavy (non-hydrogen) atoms. The monoisotopic (exact) mass is 784 g/mol. The molecule has 0 bridgehead atoms. The maximum atomic E-state index is 14.0. The van der Waals surface area contributed by atoms with Gasteiger partial charge < -0.3 is 41.3 Å². The van der Waals surface area contributed by atoms with Crippen molar-refractivity contribution in [2.24, 2.45) is 11.8 Å². The molecular weight excluding hydrogens is 733 g/mol. The Morgan fingerprint density at radius 2 is 0.897 bits per heavy atom. The summed E-state index contributed by atoms with van der Waals surface area (Å²) in [4.78, 5) is 28.0. The van der Waals surface area contributed by atoms with Crippen LogP contribution in [0.15, 0.2) is 96.7 Å².